The van der Waals surface area contributed by atoms with Crippen molar-refractivity contribution in [2.75, 3.05) is 24.6 Å². The van der Waals surface area contributed by atoms with Gasteiger partial charge in [0.1, 0.15) is 0 Å². The van der Waals surface area contributed by atoms with Crippen molar-refractivity contribution < 1.29 is 4.74 Å². The highest BCUT2D eigenvalue weighted by Crippen LogP contribution is 2.23. The minimum atomic E-state index is 0.314. The van der Waals surface area contributed by atoms with Crippen molar-refractivity contribution >= 4 is 5.82 Å². The number of ether oxygens (including phenoxy) is 1. The van der Waals surface area contributed by atoms with Gasteiger partial charge >= 0.3 is 0 Å². The van der Waals surface area contributed by atoms with Gasteiger partial charge in [-0.15, -0.1) is 5.10 Å². The SMILES string of the molecule is CCN(CC1CCCO1)c1nnc(C)c(C)c1CN. The summed E-state index contributed by atoms with van der Waals surface area (Å²) < 4.78 is 5.71. The van der Waals surface area contributed by atoms with Crippen LogP contribution in [0.1, 0.15) is 36.6 Å². The fourth-order valence-corrected chi connectivity index (χ4v) is 2.54. The first-order chi connectivity index (χ1) is 9.17. The first-order valence-corrected chi connectivity index (χ1v) is 7.06. The van der Waals surface area contributed by atoms with Crippen LogP contribution in [0.5, 0.6) is 0 Å². The third-order valence-corrected chi connectivity index (χ3v) is 3.89. The molecule has 1 atom stereocenters. The quantitative estimate of drug-likeness (QED) is 0.874. The maximum absolute atomic E-state index is 5.90. The van der Waals surface area contributed by atoms with Gasteiger partial charge in [0.05, 0.1) is 11.8 Å². The van der Waals surface area contributed by atoms with E-state index in [0.717, 1.165) is 55.2 Å². The van der Waals surface area contributed by atoms with Gasteiger partial charge in [0.25, 0.3) is 0 Å². The van der Waals surface area contributed by atoms with Gasteiger partial charge in [0.15, 0.2) is 5.82 Å². The maximum atomic E-state index is 5.90. The van der Waals surface area contributed by atoms with E-state index < -0.39 is 0 Å². The van der Waals surface area contributed by atoms with E-state index in [9.17, 15) is 0 Å². The van der Waals surface area contributed by atoms with Crippen LogP contribution in [0.2, 0.25) is 0 Å². The Kier molecular flexibility index (Phi) is 4.71. The van der Waals surface area contributed by atoms with Gasteiger partial charge in [0.2, 0.25) is 0 Å². The summed E-state index contributed by atoms with van der Waals surface area (Å²) >= 11 is 0. The molecule has 19 heavy (non-hydrogen) atoms. The molecule has 106 valence electrons. The number of anilines is 1. The van der Waals surface area contributed by atoms with E-state index in [2.05, 4.69) is 28.9 Å². The first kappa shape index (κ1) is 14.2. The summed E-state index contributed by atoms with van der Waals surface area (Å²) in [7, 11) is 0. The number of nitrogens with zero attached hydrogens (tertiary/aromatic N) is 3. The average molecular weight is 264 g/mol. The number of aryl methyl sites for hydroxylation is 1. The molecule has 0 aromatic carbocycles. The third-order valence-electron chi connectivity index (χ3n) is 3.89. The number of hydrogen-bond acceptors (Lipinski definition) is 5. The van der Waals surface area contributed by atoms with E-state index in [4.69, 9.17) is 10.5 Å². The molecular formula is C14H24N4O. The van der Waals surface area contributed by atoms with E-state index in [1.807, 2.05) is 6.92 Å². The Morgan fingerprint density at radius 1 is 1.37 bits per heavy atom. The molecule has 1 aromatic rings. The Bertz CT molecular complexity index is 430. The van der Waals surface area contributed by atoms with Crippen LogP contribution in [0.15, 0.2) is 0 Å². The maximum Gasteiger partial charge on any atom is 0.156 e. The van der Waals surface area contributed by atoms with Gasteiger partial charge in [-0.25, -0.2) is 0 Å². The molecule has 1 saturated heterocycles. The molecule has 1 unspecified atom stereocenters. The number of aromatic nitrogens is 2. The Morgan fingerprint density at radius 3 is 2.74 bits per heavy atom. The van der Waals surface area contributed by atoms with Gasteiger partial charge in [-0.1, -0.05) is 0 Å². The number of likely N-dealkylation sites (N-methyl/N-ethyl adjacent to an activating group) is 1. The van der Waals surface area contributed by atoms with Crippen molar-refractivity contribution in [1.29, 1.82) is 0 Å². The smallest absolute Gasteiger partial charge is 0.156 e. The fraction of sp³-hybridized carbons (Fsp3) is 0.714. The predicted octanol–water partition coefficient (Wildman–Crippen LogP) is 1.56. The Hall–Kier alpha value is -1.20. The summed E-state index contributed by atoms with van der Waals surface area (Å²) in [5, 5.41) is 8.61. The summed E-state index contributed by atoms with van der Waals surface area (Å²) in [6.07, 6.45) is 2.60. The summed E-state index contributed by atoms with van der Waals surface area (Å²) in [5.41, 5.74) is 9.11. The van der Waals surface area contributed by atoms with Gasteiger partial charge in [-0.3, -0.25) is 0 Å². The highest BCUT2D eigenvalue weighted by Gasteiger charge is 2.22. The van der Waals surface area contributed by atoms with E-state index in [1.54, 1.807) is 0 Å². The normalized spacial score (nSPS) is 18.8. The van der Waals surface area contributed by atoms with E-state index in [0.29, 0.717) is 12.6 Å². The third kappa shape index (κ3) is 3.04. The largest absolute Gasteiger partial charge is 0.376 e. The van der Waals surface area contributed by atoms with Crippen LogP contribution in [0, 0.1) is 13.8 Å². The molecule has 1 aliphatic rings. The van der Waals surface area contributed by atoms with Crippen LogP contribution >= 0.6 is 0 Å². The van der Waals surface area contributed by atoms with Crippen molar-refractivity contribution in [3.05, 3.63) is 16.8 Å². The molecule has 1 aliphatic heterocycles. The van der Waals surface area contributed by atoms with Crippen LogP contribution in [0.4, 0.5) is 5.82 Å². The molecule has 0 radical (unpaired) electrons. The van der Waals surface area contributed by atoms with Crippen molar-refractivity contribution in [2.45, 2.75) is 46.3 Å². The zero-order chi connectivity index (χ0) is 13.8. The molecule has 2 rings (SSSR count). The van der Waals surface area contributed by atoms with E-state index in [-0.39, 0.29) is 0 Å². The average Bonchev–Trinajstić information content (AvgIpc) is 2.92. The summed E-state index contributed by atoms with van der Waals surface area (Å²) in [6.45, 7) is 9.32. The van der Waals surface area contributed by atoms with Gasteiger partial charge in [-0.2, -0.15) is 5.10 Å². The molecule has 2 N–H and O–H groups in total. The van der Waals surface area contributed by atoms with Crippen LogP contribution in [-0.2, 0) is 11.3 Å². The molecule has 5 nitrogen and oxygen atoms in total. The number of rotatable bonds is 5. The zero-order valence-corrected chi connectivity index (χ0v) is 12.1. The topological polar surface area (TPSA) is 64.3 Å². The lowest BCUT2D eigenvalue weighted by Crippen LogP contribution is -2.34. The standard InChI is InChI=1S/C14H24N4O/c1-4-18(9-12-6-5-7-19-12)14-13(8-15)10(2)11(3)16-17-14/h12H,4-9,15H2,1-3H3. The molecule has 2 heterocycles. The minimum Gasteiger partial charge on any atom is -0.376 e. The van der Waals surface area contributed by atoms with Crippen molar-refractivity contribution in [2.24, 2.45) is 5.73 Å². The predicted molar refractivity (Wildman–Crippen MR) is 76.3 cm³/mol. The monoisotopic (exact) mass is 264 g/mol. The summed E-state index contributed by atoms with van der Waals surface area (Å²) in [6, 6.07) is 0. The second-order valence-corrected chi connectivity index (χ2v) is 5.09. The molecule has 1 aromatic heterocycles. The Morgan fingerprint density at radius 2 is 2.16 bits per heavy atom. The molecular weight excluding hydrogens is 240 g/mol. The van der Waals surface area contributed by atoms with E-state index in [1.165, 1.54) is 0 Å². The van der Waals surface area contributed by atoms with Crippen molar-refractivity contribution in [3.63, 3.8) is 0 Å². The van der Waals surface area contributed by atoms with Crippen molar-refractivity contribution in [3.8, 4) is 0 Å². The van der Waals surface area contributed by atoms with Gasteiger partial charge < -0.3 is 15.4 Å². The lowest BCUT2D eigenvalue weighted by Gasteiger charge is -2.27. The second kappa shape index (κ2) is 6.30. The molecule has 0 aliphatic carbocycles. The van der Waals surface area contributed by atoms with Crippen LogP contribution in [0.25, 0.3) is 0 Å². The lowest BCUT2D eigenvalue weighted by molar-refractivity contribution is 0.115. The Labute approximate surface area is 115 Å². The highest BCUT2D eigenvalue weighted by molar-refractivity contribution is 5.50. The minimum absolute atomic E-state index is 0.314. The number of nitrogens with two attached hydrogens (primary N) is 1. The van der Waals surface area contributed by atoms with Crippen LogP contribution in [-0.4, -0.2) is 36.0 Å². The first-order valence-electron chi connectivity index (χ1n) is 7.06. The molecule has 0 spiro atoms. The number of hydrogen-bond donors (Lipinski definition) is 1. The Balaban J connectivity index is 2.24. The fourth-order valence-electron chi connectivity index (χ4n) is 2.54. The molecule has 0 saturated carbocycles. The highest BCUT2D eigenvalue weighted by atomic mass is 16.5. The lowest BCUT2D eigenvalue weighted by atomic mass is 10.1. The molecule has 1 fully saturated rings. The molecule has 5 heteroatoms. The second-order valence-electron chi connectivity index (χ2n) is 5.09. The molecule has 0 bridgehead atoms. The summed E-state index contributed by atoms with van der Waals surface area (Å²) in [5.74, 6) is 0.920. The van der Waals surface area contributed by atoms with Gasteiger partial charge in [0, 0.05) is 31.8 Å². The van der Waals surface area contributed by atoms with Gasteiger partial charge in [-0.05, 0) is 39.2 Å². The molecule has 0 amide bonds. The van der Waals surface area contributed by atoms with Crippen molar-refractivity contribution in [1.82, 2.24) is 10.2 Å². The summed E-state index contributed by atoms with van der Waals surface area (Å²) in [4.78, 5) is 2.23. The van der Waals surface area contributed by atoms with Crippen LogP contribution < -0.4 is 10.6 Å². The van der Waals surface area contributed by atoms with Crippen LogP contribution in [0.3, 0.4) is 0 Å². The zero-order valence-electron chi connectivity index (χ0n) is 12.1. The van der Waals surface area contributed by atoms with E-state index >= 15 is 0 Å².